The van der Waals surface area contributed by atoms with E-state index >= 15 is 0 Å². The molecule has 2 aliphatic rings. The summed E-state index contributed by atoms with van der Waals surface area (Å²) < 4.78 is 1.86. The van der Waals surface area contributed by atoms with Crippen LogP contribution in [0.3, 0.4) is 0 Å². The second kappa shape index (κ2) is 7.46. The van der Waals surface area contributed by atoms with Crippen LogP contribution in [0.2, 0.25) is 0 Å². The molecule has 1 saturated carbocycles. The summed E-state index contributed by atoms with van der Waals surface area (Å²) in [6.07, 6.45) is 4.34. The minimum Gasteiger partial charge on any atom is -0.342 e. The van der Waals surface area contributed by atoms with Gasteiger partial charge in [0.25, 0.3) is 0 Å². The average molecular weight is 368 g/mol. The second-order valence-electron chi connectivity index (χ2n) is 7.28. The van der Waals surface area contributed by atoms with E-state index in [2.05, 4.69) is 20.8 Å². The van der Waals surface area contributed by atoms with Gasteiger partial charge in [-0.1, -0.05) is 19.1 Å². The lowest BCUT2D eigenvalue weighted by molar-refractivity contribution is -0.134. The van der Waals surface area contributed by atoms with Crippen LogP contribution in [0.5, 0.6) is 0 Å². The van der Waals surface area contributed by atoms with Gasteiger partial charge in [0.15, 0.2) is 5.82 Å². The van der Waals surface area contributed by atoms with Crippen molar-refractivity contribution in [2.24, 2.45) is 5.92 Å². The van der Waals surface area contributed by atoms with Crippen LogP contribution in [-0.2, 0) is 9.59 Å². The number of hydrogen-bond acceptors (Lipinski definition) is 5. The van der Waals surface area contributed by atoms with E-state index in [1.165, 1.54) is 0 Å². The number of carbonyl (C=O) groups is 2. The van der Waals surface area contributed by atoms with Gasteiger partial charge in [-0.2, -0.15) is 0 Å². The fourth-order valence-electron chi connectivity index (χ4n) is 3.57. The van der Waals surface area contributed by atoms with E-state index < -0.39 is 0 Å². The molecule has 1 aromatic heterocycles. The number of piperidine rings is 1. The molecule has 1 N–H and O–H groups in total. The Balaban J connectivity index is 1.46. The molecule has 1 aliphatic heterocycles. The Bertz CT molecular complexity index is 844. The lowest BCUT2D eigenvalue weighted by atomic mass is 9.96. The lowest BCUT2D eigenvalue weighted by Gasteiger charge is -2.31. The van der Waals surface area contributed by atoms with Crippen molar-refractivity contribution in [2.45, 2.75) is 45.1 Å². The number of benzene rings is 1. The zero-order valence-electron chi connectivity index (χ0n) is 15.5. The summed E-state index contributed by atoms with van der Waals surface area (Å²) in [5, 5.41) is 15.0. The summed E-state index contributed by atoms with van der Waals surface area (Å²) >= 11 is 0. The molecule has 0 bridgehead atoms. The fraction of sp³-hybridized carbons (Fsp3) is 0.526. The van der Waals surface area contributed by atoms with Gasteiger partial charge in [-0.15, -0.1) is 5.10 Å². The number of amides is 2. The summed E-state index contributed by atoms with van der Waals surface area (Å²) in [4.78, 5) is 26.4. The first-order chi connectivity index (χ1) is 13.2. The van der Waals surface area contributed by atoms with Gasteiger partial charge in [0.05, 0.1) is 12.0 Å². The van der Waals surface area contributed by atoms with Crippen LogP contribution in [0.4, 0.5) is 5.69 Å². The molecule has 2 heterocycles. The number of hydrogen-bond donors (Lipinski definition) is 1. The van der Waals surface area contributed by atoms with Crippen LogP contribution >= 0.6 is 0 Å². The number of rotatable bonds is 5. The molecule has 142 valence electrons. The van der Waals surface area contributed by atoms with Crippen LogP contribution in [-0.4, -0.2) is 50.0 Å². The molecule has 4 rings (SSSR count). The molecule has 1 unspecified atom stereocenters. The Kier molecular flexibility index (Phi) is 4.87. The number of likely N-dealkylation sites (tertiary alicyclic amines) is 1. The van der Waals surface area contributed by atoms with Crippen LogP contribution in [0.25, 0.3) is 11.4 Å². The van der Waals surface area contributed by atoms with Crippen molar-refractivity contribution in [3.63, 3.8) is 0 Å². The maximum atomic E-state index is 12.7. The monoisotopic (exact) mass is 368 g/mol. The molecular formula is C19H24N6O2. The van der Waals surface area contributed by atoms with E-state index in [9.17, 15) is 9.59 Å². The van der Waals surface area contributed by atoms with Gasteiger partial charge in [-0.05, 0) is 48.2 Å². The van der Waals surface area contributed by atoms with Crippen molar-refractivity contribution in [2.75, 3.05) is 18.4 Å². The molecule has 1 aliphatic carbocycles. The van der Waals surface area contributed by atoms with Gasteiger partial charge in [0, 0.05) is 30.8 Å². The van der Waals surface area contributed by atoms with Crippen molar-refractivity contribution in [3.05, 3.63) is 24.3 Å². The molecule has 1 saturated heterocycles. The highest BCUT2D eigenvalue weighted by Crippen LogP contribution is 2.36. The van der Waals surface area contributed by atoms with Crippen molar-refractivity contribution in [3.8, 4) is 11.4 Å². The lowest BCUT2D eigenvalue weighted by Crippen LogP contribution is -2.43. The van der Waals surface area contributed by atoms with Gasteiger partial charge in [0.1, 0.15) is 0 Å². The van der Waals surface area contributed by atoms with Gasteiger partial charge in [-0.3, -0.25) is 9.59 Å². The first-order valence-electron chi connectivity index (χ1n) is 9.62. The largest absolute Gasteiger partial charge is 0.342 e. The van der Waals surface area contributed by atoms with Gasteiger partial charge >= 0.3 is 0 Å². The molecule has 1 atom stereocenters. The minimum absolute atomic E-state index is 0.0393. The van der Waals surface area contributed by atoms with E-state index in [0.29, 0.717) is 19.0 Å². The van der Waals surface area contributed by atoms with Crippen molar-refractivity contribution >= 4 is 17.5 Å². The topological polar surface area (TPSA) is 93.0 Å². The van der Waals surface area contributed by atoms with Crippen molar-refractivity contribution < 1.29 is 9.59 Å². The fourth-order valence-corrected chi connectivity index (χ4v) is 3.57. The van der Waals surface area contributed by atoms with E-state index in [1.54, 1.807) is 4.90 Å². The summed E-state index contributed by atoms with van der Waals surface area (Å²) in [7, 11) is 0. The maximum Gasteiger partial charge on any atom is 0.229 e. The first kappa shape index (κ1) is 17.6. The number of nitrogens with one attached hydrogen (secondary N) is 1. The molecule has 0 spiro atoms. The third-order valence-corrected chi connectivity index (χ3v) is 5.22. The van der Waals surface area contributed by atoms with E-state index in [1.807, 2.05) is 35.9 Å². The van der Waals surface area contributed by atoms with Gasteiger partial charge in [-0.25, -0.2) is 4.68 Å². The number of nitrogens with zero attached hydrogens (tertiary/aromatic N) is 5. The smallest absolute Gasteiger partial charge is 0.229 e. The van der Waals surface area contributed by atoms with E-state index in [-0.39, 0.29) is 17.7 Å². The molecule has 8 nitrogen and oxygen atoms in total. The molecule has 27 heavy (non-hydrogen) atoms. The minimum atomic E-state index is -0.172. The maximum absolute atomic E-state index is 12.7. The third-order valence-electron chi connectivity index (χ3n) is 5.22. The molecule has 1 aromatic carbocycles. The number of carbonyl (C=O) groups excluding carboxylic acids is 2. The Morgan fingerprint density at radius 3 is 2.89 bits per heavy atom. The highest BCUT2D eigenvalue weighted by Gasteiger charge is 2.29. The average Bonchev–Trinajstić information content (AvgIpc) is 3.43. The molecular weight excluding hydrogens is 344 g/mol. The van der Waals surface area contributed by atoms with Crippen LogP contribution < -0.4 is 5.32 Å². The quantitative estimate of drug-likeness (QED) is 0.874. The van der Waals surface area contributed by atoms with Crippen LogP contribution in [0.1, 0.15) is 45.1 Å². The second-order valence-corrected chi connectivity index (χ2v) is 7.28. The molecule has 0 radical (unpaired) electrons. The highest BCUT2D eigenvalue weighted by atomic mass is 16.2. The highest BCUT2D eigenvalue weighted by molar-refractivity contribution is 5.93. The zero-order valence-corrected chi connectivity index (χ0v) is 15.5. The number of anilines is 1. The Morgan fingerprint density at radius 1 is 1.26 bits per heavy atom. The standard InChI is InChI=1S/C19H24N6O2/c1-2-17(26)24-10-4-6-14(12-24)19(27)20-15-7-3-5-13(11-15)18-21-22-23-25(18)16-8-9-16/h3,5,7,11,14,16H,2,4,6,8-10,12H2,1H3,(H,20,27). The SMILES string of the molecule is CCC(=O)N1CCCC(C(=O)Nc2cccc(-c3nnnn3C3CC3)c2)C1. The Hall–Kier alpha value is -2.77. The van der Waals surface area contributed by atoms with Gasteiger partial charge in [0.2, 0.25) is 11.8 Å². The van der Waals surface area contributed by atoms with Crippen molar-refractivity contribution in [1.29, 1.82) is 0 Å². The predicted octanol–water partition coefficient (Wildman–Crippen LogP) is 2.26. The Morgan fingerprint density at radius 2 is 2.11 bits per heavy atom. The van der Waals surface area contributed by atoms with Crippen LogP contribution in [0.15, 0.2) is 24.3 Å². The summed E-state index contributed by atoms with van der Waals surface area (Å²) in [5.41, 5.74) is 1.61. The summed E-state index contributed by atoms with van der Waals surface area (Å²) in [6, 6.07) is 8.00. The predicted molar refractivity (Wildman–Crippen MR) is 99.7 cm³/mol. The molecule has 2 fully saturated rings. The third kappa shape index (κ3) is 3.84. The van der Waals surface area contributed by atoms with Crippen molar-refractivity contribution in [1.82, 2.24) is 25.1 Å². The van der Waals surface area contributed by atoms with Gasteiger partial charge < -0.3 is 10.2 Å². The molecule has 2 aromatic rings. The number of tetrazole rings is 1. The number of aromatic nitrogens is 4. The zero-order chi connectivity index (χ0) is 18.8. The summed E-state index contributed by atoms with van der Waals surface area (Å²) in [5.74, 6) is 0.629. The van der Waals surface area contributed by atoms with E-state index in [0.717, 1.165) is 49.3 Å². The Labute approximate surface area is 157 Å². The van der Waals surface area contributed by atoms with E-state index in [4.69, 9.17) is 0 Å². The first-order valence-corrected chi connectivity index (χ1v) is 9.62. The van der Waals surface area contributed by atoms with Crippen LogP contribution in [0, 0.1) is 5.92 Å². The molecule has 8 heteroatoms. The molecule has 2 amide bonds. The summed E-state index contributed by atoms with van der Waals surface area (Å²) in [6.45, 7) is 3.10. The normalized spacial score (nSPS) is 19.7.